The smallest absolute Gasteiger partial charge is 0.154 e. The van der Waals surface area contributed by atoms with E-state index in [2.05, 4.69) is 10.3 Å². The Kier molecular flexibility index (Phi) is 2.93. The summed E-state index contributed by atoms with van der Waals surface area (Å²) >= 11 is 0. The number of rotatable bonds is 2. The molecule has 0 radical (unpaired) electrons. The Bertz CT molecular complexity index is 584. The van der Waals surface area contributed by atoms with Crippen molar-refractivity contribution in [1.82, 2.24) is 4.98 Å². The van der Waals surface area contributed by atoms with E-state index in [9.17, 15) is 0 Å². The highest BCUT2D eigenvalue weighted by atomic mass is 15.0. The van der Waals surface area contributed by atoms with Gasteiger partial charge in [-0.2, -0.15) is 5.26 Å². The second-order valence-corrected chi connectivity index (χ2v) is 3.67. The first-order chi connectivity index (χ1) is 8.22. The van der Waals surface area contributed by atoms with Crippen molar-refractivity contribution in [3.05, 3.63) is 47.7 Å². The lowest BCUT2D eigenvalue weighted by Gasteiger charge is -2.10. The zero-order valence-electron chi connectivity index (χ0n) is 9.44. The van der Waals surface area contributed by atoms with E-state index in [1.807, 2.05) is 37.3 Å². The van der Waals surface area contributed by atoms with Crippen molar-refractivity contribution in [2.45, 2.75) is 6.92 Å². The lowest BCUT2D eigenvalue weighted by atomic mass is 10.2. The number of anilines is 3. The van der Waals surface area contributed by atoms with E-state index < -0.39 is 0 Å². The Morgan fingerprint density at radius 1 is 1.29 bits per heavy atom. The molecule has 1 aromatic heterocycles. The second kappa shape index (κ2) is 4.54. The normalized spacial score (nSPS) is 9.65. The molecule has 1 heterocycles. The van der Waals surface area contributed by atoms with Gasteiger partial charge in [-0.1, -0.05) is 18.2 Å². The van der Waals surface area contributed by atoms with Crippen LogP contribution in [0.15, 0.2) is 36.5 Å². The highest BCUT2D eigenvalue weighted by Gasteiger charge is 2.06. The average molecular weight is 224 g/mol. The molecule has 0 spiro atoms. The van der Waals surface area contributed by atoms with Crippen molar-refractivity contribution < 1.29 is 0 Å². The molecule has 0 saturated carbocycles. The van der Waals surface area contributed by atoms with Crippen LogP contribution in [0.25, 0.3) is 0 Å². The molecule has 0 amide bonds. The summed E-state index contributed by atoms with van der Waals surface area (Å²) in [5.74, 6) is 0.512. The molecule has 0 saturated heterocycles. The first-order valence-corrected chi connectivity index (χ1v) is 5.19. The van der Waals surface area contributed by atoms with E-state index in [-0.39, 0.29) is 0 Å². The Morgan fingerprint density at radius 2 is 2.06 bits per heavy atom. The third-order valence-corrected chi connectivity index (χ3v) is 2.51. The van der Waals surface area contributed by atoms with E-state index in [1.54, 1.807) is 12.3 Å². The predicted octanol–water partition coefficient (Wildman–Crippen LogP) is 2.59. The minimum atomic E-state index is 0.373. The summed E-state index contributed by atoms with van der Waals surface area (Å²) in [7, 11) is 0. The van der Waals surface area contributed by atoms with Gasteiger partial charge in [0.25, 0.3) is 0 Å². The number of aromatic nitrogens is 1. The first-order valence-electron chi connectivity index (χ1n) is 5.19. The third-order valence-electron chi connectivity index (χ3n) is 2.51. The molecule has 0 unspecified atom stereocenters. The van der Waals surface area contributed by atoms with Crippen LogP contribution >= 0.6 is 0 Å². The summed E-state index contributed by atoms with van der Waals surface area (Å²) in [4.78, 5) is 4.14. The molecule has 84 valence electrons. The highest BCUT2D eigenvalue weighted by Crippen LogP contribution is 2.24. The minimum absolute atomic E-state index is 0.373. The van der Waals surface area contributed by atoms with Crippen molar-refractivity contribution in [2.75, 3.05) is 11.1 Å². The van der Waals surface area contributed by atoms with Crippen LogP contribution in [0, 0.1) is 18.3 Å². The molecule has 17 heavy (non-hydrogen) atoms. The predicted molar refractivity (Wildman–Crippen MR) is 67.8 cm³/mol. The van der Waals surface area contributed by atoms with Crippen LogP contribution < -0.4 is 11.1 Å². The van der Waals surface area contributed by atoms with Crippen LogP contribution in [-0.2, 0) is 0 Å². The number of nitrogen functional groups attached to an aromatic ring is 1. The molecular formula is C13H12N4. The second-order valence-electron chi connectivity index (χ2n) is 3.67. The topological polar surface area (TPSA) is 74.7 Å². The molecule has 1 aromatic carbocycles. The molecule has 3 N–H and O–H groups in total. The van der Waals surface area contributed by atoms with Gasteiger partial charge in [-0.15, -0.1) is 0 Å². The Balaban J connectivity index is 2.38. The minimum Gasteiger partial charge on any atom is -0.395 e. The molecule has 0 bridgehead atoms. The van der Waals surface area contributed by atoms with E-state index in [1.165, 1.54) is 0 Å². The molecule has 0 aliphatic heterocycles. The molecular weight excluding hydrogens is 212 g/mol. The number of aryl methyl sites for hydroxylation is 1. The fourth-order valence-corrected chi connectivity index (χ4v) is 1.51. The maximum absolute atomic E-state index is 8.88. The Morgan fingerprint density at radius 3 is 2.76 bits per heavy atom. The number of benzene rings is 1. The summed E-state index contributed by atoms with van der Waals surface area (Å²) < 4.78 is 0. The zero-order chi connectivity index (χ0) is 12.3. The zero-order valence-corrected chi connectivity index (χ0v) is 9.44. The third kappa shape index (κ3) is 2.18. The van der Waals surface area contributed by atoms with Crippen LogP contribution in [-0.4, -0.2) is 4.98 Å². The van der Waals surface area contributed by atoms with Gasteiger partial charge in [-0.05, 0) is 24.6 Å². The molecule has 2 rings (SSSR count). The van der Waals surface area contributed by atoms with Gasteiger partial charge in [-0.3, -0.25) is 0 Å². The van der Waals surface area contributed by atoms with E-state index in [0.29, 0.717) is 17.1 Å². The van der Waals surface area contributed by atoms with Crippen molar-refractivity contribution in [3.8, 4) is 6.07 Å². The van der Waals surface area contributed by atoms with Crippen LogP contribution in [0.2, 0.25) is 0 Å². The maximum Gasteiger partial charge on any atom is 0.154 e. The number of nitrogens with one attached hydrogen (secondary N) is 1. The summed E-state index contributed by atoms with van der Waals surface area (Å²) in [6, 6.07) is 11.5. The van der Waals surface area contributed by atoms with Gasteiger partial charge in [0.05, 0.1) is 11.3 Å². The average Bonchev–Trinajstić information content (AvgIpc) is 2.34. The van der Waals surface area contributed by atoms with Gasteiger partial charge >= 0.3 is 0 Å². The lowest BCUT2D eigenvalue weighted by molar-refractivity contribution is 1.29. The molecule has 0 atom stereocenters. The highest BCUT2D eigenvalue weighted by molar-refractivity contribution is 5.74. The fraction of sp³-hybridized carbons (Fsp3) is 0.0769. The van der Waals surface area contributed by atoms with Gasteiger partial charge in [0, 0.05) is 11.9 Å². The Hall–Kier alpha value is -2.54. The monoisotopic (exact) mass is 224 g/mol. The number of nitrogens with two attached hydrogens (primary N) is 1. The SMILES string of the molecule is Cc1ccccc1Nc1nccc(C#N)c1N. The van der Waals surface area contributed by atoms with Crippen LogP contribution in [0.3, 0.4) is 0 Å². The summed E-state index contributed by atoms with van der Waals surface area (Å²) in [6.07, 6.45) is 1.56. The fourth-order valence-electron chi connectivity index (χ4n) is 1.51. The van der Waals surface area contributed by atoms with Gasteiger partial charge in [0.2, 0.25) is 0 Å². The quantitative estimate of drug-likeness (QED) is 0.822. The molecule has 0 aliphatic carbocycles. The maximum atomic E-state index is 8.88. The van der Waals surface area contributed by atoms with Crippen LogP contribution in [0.5, 0.6) is 0 Å². The molecule has 0 aliphatic rings. The number of hydrogen-bond acceptors (Lipinski definition) is 4. The molecule has 4 heteroatoms. The number of nitriles is 1. The standard InChI is InChI=1S/C13H12N4/c1-9-4-2-3-5-11(9)17-13-12(15)10(8-14)6-7-16-13/h2-7H,15H2,1H3,(H,16,17). The van der Waals surface area contributed by atoms with Gasteiger partial charge in [-0.25, -0.2) is 4.98 Å². The van der Waals surface area contributed by atoms with Crippen LogP contribution in [0.4, 0.5) is 17.2 Å². The van der Waals surface area contributed by atoms with Crippen molar-refractivity contribution in [3.63, 3.8) is 0 Å². The van der Waals surface area contributed by atoms with Crippen molar-refractivity contribution in [2.24, 2.45) is 0 Å². The molecule has 0 fully saturated rings. The molecule has 4 nitrogen and oxygen atoms in total. The summed E-state index contributed by atoms with van der Waals surface area (Å²) in [5.41, 5.74) is 8.67. The lowest BCUT2D eigenvalue weighted by Crippen LogP contribution is -2.02. The van der Waals surface area contributed by atoms with E-state index in [0.717, 1.165) is 11.3 Å². The number of pyridine rings is 1. The van der Waals surface area contributed by atoms with E-state index >= 15 is 0 Å². The first kappa shape index (κ1) is 11.0. The van der Waals surface area contributed by atoms with E-state index in [4.69, 9.17) is 11.0 Å². The number of nitrogens with zero attached hydrogens (tertiary/aromatic N) is 2. The summed E-state index contributed by atoms with van der Waals surface area (Å²) in [5, 5.41) is 12.0. The number of hydrogen-bond donors (Lipinski definition) is 2. The number of para-hydroxylation sites is 1. The van der Waals surface area contributed by atoms with Crippen LogP contribution in [0.1, 0.15) is 11.1 Å². The Labute approximate surface area is 99.7 Å². The van der Waals surface area contributed by atoms with Crippen molar-refractivity contribution >= 4 is 17.2 Å². The largest absolute Gasteiger partial charge is 0.395 e. The molecule has 2 aromatic rings. The summed E-state index contributed by atoms with van der Waals surface area (Å²) in [6.45, 7) is 1.99. The van der Waals surface area contributed by atoms with Gasteiger partial charge < -0.3 is 11.1 Å². The van der Waals surface area contributed by atoms with Gasteiger partial charge in [0.1, 0.15) is 6.07 Å². The van der Waals surface area contributed by atoms with Gasteiger partial charge in [0.15, 0.2) is 5.82 Å². The van der Waals surface area contributed by atoms with Crippen molar-refractivity contribution in [1.29, 1.82) is 5.26 Å².